The van der Waals surface area contributed by atoms with E-state index in [0.29, 0.717) is 5.69 Å². The van der Waals surface area contributed by atoms with Gasteiger partial charge in [-0.25, -0.2) is 8.42 Å². The standard InChI is InChI=1S/C16H16N2O4S/c1-17-8-4-5-12(17)11-14-16(20)13-6-2-3-7-15(13)23(21,22)18(14)9-10-19/h2-8,11,19H,9-10H2,1H3. The Labute approximate surface area is 134 Å². The van der Waals surface area contributed by atoms with Crippen molar-refractivity contribution in [3.05, 3.63) is 59.5 Å². The van der Waals surface area contributed by atoms with Crippen molar-refractivity contribution in [1.82, 2.24) is 8.87 Å². The molecule has 1 aromatic heterocycles. The zero-order chi connectivity index (χ0) is 16.6. The number of fused-ring (bicyclic) bond motifs is 1. The lowest BCUT2D eigenvalue weighted by molar-refractivity contribution is 0.0998. The molecule has 0 aliphatic carbocycles. The number of Topliss-reactive ketones (excluding diaryl/α,β-unsaturated/α-hetero) is 1. The van der Waals surface area contributed by atoms with Crippen LogP contribution in [0.4, 0.5) is 0 Å². The summed E-state index contributed by atoms with van der Waals surface area (Å²) in [5, 5.41) is 9.23. The van der Waals surface area contributed by atoms with Crippen molar-refractivity contribution in [1.29, 1.82) is 0 Å². The quantitative estimate of drug-likeness (QED) is 0.858. The molecule has 7 heteroatoms. The summed E-state index contributed by atoms with van der Waals surface area (Å²) in [7, 11) is -2.06. The number of sulfonamides is 1. The molecule has 0 radical (unpaired) electrons. The molecule has 0 spiro atoms. The van der Waals surface area contributed by atoms with Gasteiger partial charge in [-0.2, -0.15) is 0 Å². The second-order valence-corrected chi connectivity index (χ2v) is 7.03. The SMILES string of the molecule is Cn1cccc1C=C1C(=O)c2ccccc2S(=O)(=O)N1CCO. The lowest BCUT2D eigenvalue weighted by Crippen LogP contribution is -2.40. The zero-order valence-corrected chi connectivity index (χ0v) is 13.3. The van der Waals surface area contributed by atoms with Gasteiger partial charge in [-0.05, 0) is 30.3 Å². The highest BCUT2D eigenvalue weighted by Gasteiger charge is 2.38. The highest BCUT2D eigenvalue weighted by Crippen LogP contribution is 2.32. The van der Waals surface area contributed by atoms with Crippen molar-refractivity contribution in [2.45, 2.75) is 4.90 Å². The van der Waals surface area contributed by atoms with Gasteiger partial charge in [0.15, 0.2) is 0 Å². The van der Waals surface area contributed by atoms with Crippen LogP contribution in [0.3, 0.4) is 0 Å². The van der Waals surface area contributed by atoms with E-state index in [-0.39, 0.29) is 35.1 Å². The van der Waals surface area contributed by atoms with Crippen LogP contribution in [-0.2, 0) is 17.1 Å². The fraction of sp³-hybridized carbons (Fsp3) is 0.188. The molecule has 23 heavy (non-hydrogen) atoms. The Bertz CT molecular complexity index is 896. The molecule has 1 aliphatic rings. The Balaban J connectivity index is 2.25. The molecule has 3 rings (SSSR count). The van der Waals surface area contributed by atoms with Crippen LogP contribution in [0.15, 0.2) is 53.2 Å². The normalized spacial score (nSPS) is 18.3. The molecule has 0 unspecified atom stereocenters. The van der Waals surface area contributed by atoms with Gasteiger partial charge in [-0.15, -0.1) is 0 Å². The number of aliphatic hydroxyl groups excluding tert-OH is 1. The molecule has 0 saturated carbocycles. The number of allylic oxidation sites excluding steroid dienone is 1. The minimum Gasteiger partial charge on any atom is -0.394 e. The smallest absolute Gasteiger partial charge is 0.265 e. The number of aliphatic hydroxyl groups is 1. The largest absolute Gasteiger partial charge is 0.394 e. The molecule has 0 bridgehead atoms. The highest BCUT2D eigenvalue weighted by atomic mass is 32.2. The molecular weight excluding hydrogens is 316 g/mol. The molecular formula is C16H16N2O4S. The molecule has 0 saturated heterocycles. The Morgan fingerprint density at radius 3 is 2.57 bits per heavy atom. The predicted molar refractivity (Wildman–Crippen MR) is 85.1 cm³/mol. The van der Waals surface area contributed by atoms with E-state index in [1.807, 2.05) is 0 Å². The summed E-state index contributed by atoms with van der Waals surface area (Å²) in [5.74, 6) is -0.370. The van der Waals surface area contributed by atoms with Crippen LogP contribution in [-0.4, -0.2) is 41.3 Å². The molecule has 1 aromatic carbocycles. The Kier molecular flexibility index (Phi) is 3.83. The molecule has 1 N–H and O–H groups in total. The first-order valence-corrected chi connectivity index (χ1v) is 8.51. The average Bonchev–Trinajstić information content (AvgIpc) is 2.94. The van der Waals surface area contributed by atoms with Crippen molar-refractivity contribution in [3.63, 3.8) is 0 Å². The van der Waals surface area contributed by atoms with E-state index >= 15 is 0 Å². The fourth-order valence-electron chi connectivity index (χ4n) is 2.61. The van der Waals surface area contributed by atoms with Crippen molar-refractivity contribution in [3.8, 4) is 0 Å². The maximum Gasteiger partial charge on any atom is 0.265 e. The minimum atomic E-state index is -3.87. The molecule has 1 aliphatic heterocycles. The number of β-amino-alcohol motifs (C(OH)–C–C–N with tert-alkyl or cyclic N) is 1. The number of aromatic nitrogens is 1. The van der Waals surface area contributed by atoms with Crippen LogP contribution in [0, 0.1) is 0 Å². The number of benzene rings is 1. The maximum atomic E-state index is 12.8. The Morgan fingerprint density at radius 2 is 1.91 bits per heavy atom. The van der Waals surface area contributed by atoms with Crippen LogP contribution >= 0.6 is 0 Å². The van der Waals surface area contributed by atoms with Gasteiger partial charge in [-0.1, -0.05) is 12.1 Å². The van der Waals surface area contributed by atoms with Gasteiger partial charge in [0.1, 0.15) is 5.70 Å². The lowest BCUT2D eigenvalue weighted by atomic mass is 10.1. The zero-order valence-electron chi connectivity index (χ0n) is 12.5. The third-order valence-corrected chi connectivity index (χ3v) is 5.64. The molecule has 2 heterocycles. The second-order valence-electron chi connectivity index (χ2n) is 5.20. The van der Waals surface area contributed by atoms with Gasteiger partial charge < -0.3 is 9.67 Å². The van der Waals surface area contributed by atoms with Crippen LogP contribution in [0.2, 0.25) is 0 Å². The van der Waals surface area contributed by atoms with Crippen LogP contribution in [0.5, 0.6) is 0 Å². The highest BCUT2D eigenvalue weighted by molar-refractivity contribution is 7.89. The van der Waals surface area contributed by atoms with E-state index in [1.54, 1.807) is 42.1 Å². The number of hydrogen-bond acceptors (Lipinski definition) is 4. The Hall–Kier alpha value is -2.38. The summed E-state index contributed by atoms with van der Waals surface area (Å²) in [6.07, 6.45) is 3.34. The van der Waals surface area contributed by atoms with E-state index in [1.165, 1.54) is 18.2 Å². The maximum absolute atomic E-state index is 12.8. The number of nitrogens with zero attached hydrogens (tertiary/aromatic N) is 2. The first kappa shape index (κ1) is 15.5. The van der Waals surface area contributed by atoms with E-state index in [0.717, 1.165) is 4.31 Å². The second kappa shape index (κ2) is 5.68. The number of carbonyl (C=O) groups is 1. The molecule has 0 atom stereocenters. The van der Waals surface area contributed by atoms with E-state index in [9.17, 15) is 18.3 Å². The van der Waals surface area contributed by atoms with Crippen molar-refractivity contribution < 1.29 is 18.3 Å². The van der Waals surface area contributed by atoms with Crippen molar-refractivity contribution in [2.24, 2.45) is 7.05 Å². The topological polar surface area (TPSA) is 79.6 Å². The lowest BCUT2D eigenvalue weighted by Gasteiger charge is -2.30. The summed E-state index contributed by atoms with van der Waals surface area (Å²) >= 11 is 0. The van der Waals surface area contributed by atoms with Gasteiger partial charge >= 0.3 is 0 Å². The van der Waals surface area contributed by atoms with Gasteiger partial charge in [0.05, 0.1) is 18.0 Å². The summed E-state index contributed by atoms with van der Waals surface area (Å²) in [5.41, 5.74) is 0.896. The average molecular weight is 332 g/mol. The van der Waals surface area contributed by atoms with E-state index in [2.05, 4.69) is 0 Å². The summed E-state index contributed by atoms with van der Waals surface area (Å²) in [6.45, 7) is -0.544. The van der Waals surface area contributed by atoms with E-state index < -0.39 is 10.0 Å². The van der Waals surface area contributed by atoms with Crippen LogP contribution in [0.25, 0.3) is 6.08 Å². The third-order valence-electron chi connectivity index (χ3n) is 3.77. The Morgan fingerprint density at radius 1 is 1.17 bits per heavy atom. The number of hydrogen-bond donors (Lipinski definition) is 1. The molecule has 2 aromatic rings. The molecule has 0 fully saturated rings. The van der Waals surface area contributed by atoms with Gasteiger partial charge in [-0.3, -0.25) is 9.10 Å². The van der Waals surface area contributed by atoms with E-state index in [4.69, 9.17) is 0 Å². The van der Waals surface area contributed by atoms with Crippen LogP contribution in [0.1, 0.15) is 16.1 Å². The molecule has 0 amide bonds. The first-order valence-electron chi connectivity index (χ1n) is 7.07. The van der Waals surface area contributed by atoms with Gasteiger partial charge in [0.2, 0.25) is 5.78 Å². The number of aryl methyl sites for hydroxylation is 1. The number of ketones is 1. The van der Waals surface area contributed by atoms with Gasteiger partial charge in [0, 0.05) is 24.5 Å². The van der Waals surface area contributed by atoms with Crippen molar-refractivity contribution in [2.75, 3.05) is 13.2 Å². The monoisotopic (exact) mass is 332 g/mol. The number of carbonyl (C=O) groups excluding carboxylic acids is 1. The molecule has 120 valence electrons. The summed E-state index contributed by atoms with van der Waals surface area (Å²) in [4.78, 5) is 12.7. The first-order chi connectivity index (χ1) is 11.0. The number of rotatable bonds is 3. The minimum absolute atomic E-state index is 0.0255. The third kappa shape index (κ3) is 2.47. The van der Waals surface area contributed by atoms with Crippen LogP contribution < -0.4 is 0 Å². The van der Waals surface area contributed by atoms with Crippen molar-refractivity contribution >= 4 is 21.9 Å². The van der Waals surface area contributed by atoms with Gasteiger partial charge in [0.25, 0.3) is 10.0 Å². The fourth-order valence-corrected chi connectivity index (χ4v) is 4.26. The summed E-state index contributed by atoms with van der Waals surface area (Å²) in [6, 6.07) is 9.71. The predicted octanol–water partition coefficient (Wildman–Crippen LogP) is 1.25. The molecule has 6 nitrogen and oxygen atoms in total. The summed E-state index contributed by atoms with van der Waals surface area (Å²) < 4.78 is 28.3.